The van der Waals surface area contributed by atoms with Crippen LogP contribution in [0.15, 0.2) is 53.6 Å². The van der Waals surface area contributed by atoms with Gasteiger partial charge in [-0.05, 0) is 55.8 Å². The summed E-state index contributed by atoms with van der Waals surface area (Å²) in [6.45, 7) is 4.45. The van der Waals surface area contributed by atoms with Crippen molar-refractivity contribution in [3.63, 3.8) is 0 Å². The molecule has 25 heavy (non-hydrogen) atoms. The summed E-state index contributed by atoms with van der Waals surface area (Å²) in [5.74, 6) is 0.544. The summed E-state index contributed by atoms with van der Waals surface area (Å²) in [4.78, 5) is 12.1. The highest BCUT2D eigenvalue weighted by Crippen LogP contribution is 2.12. The van der Waals surface area contributed by atoms with E-state index in [-0.39, 0.29) is 12.5 Å². The molecule has 1 amide bonds. The van der Waals surface area contributed by atoms with E-state index in [1.807, 2.05) is 62.4 Å². The Bertz CT molecular complexity index is 899. The Morgan fingerprint density at radius 2 is 1.96 bits per heavy atom. The number of hydrogen-bond acceptors (Lipinski definition) is 5. The van der Waals surface area contributed by atoms with Gasteiger partial charge in [-0.25, -0.2) is 10.1 Å². The summed E-state index contributed by atoms with van der Waals surface area (Å²) in [6.07, 6.45) is 0. The van der Waals surface area contributed by atoms with E-state index in [1.54, 1.807) is 4.68 Å². The molecule has 0 saturated heterocycles. The molecule has 7 nitrogen and oxygen atoms in total. The molecular formula is C18H19N5O2. The third-order valence-electron chi connectivity index (χ3n) is 3.65. The first-order chi connectivity index (χ1) is 12.2. The molecular weight excluding hydrogens is 318 g/mol. The SMILES string of the molecule is CCOc1ccc(/C(C)=N\NC(=O)Cn2nnc3ccccc32)cc1. The lowest BCUT2D eigenvalue weighted by molar-refractivity contribution is -0.121. The Hall–Kier alpha value is -3.22. The quantitative estimate of drug-likeness (QED) is 0.553. The van der Waals surface area contributed by atoms with Crippen molar-refractivity contribution >= 4 is 22.7 Å². The Balaban J connectivity index is 1.63. The molecule has 0 radical (unpaired) electrons. The van der Waals surface area contributed by atoms with E-state index in [4.69, 9.17) is 4.74 Å². The van der Waals surface area contributed by atoms with Gasteiger partial charge in [0.15, 0.2) is 0 Å². The van der Waals surface area contributed by atoms with Gasteiger partial charge >= 0.3 is 0 Å². The number of nitrogens with zero attached hydrogens (tertiary/aromatic N) is 4. The fourth-order valence-electron chi connectivity index (χ4n) is 2.38. The molecule has 128 valence electrons. The highest BCUT2D eigenvalue weighted by Gasteiger charge is 2.08. The van der Waals surface area contributed by atoms with Crippen molar-refractivity contribution in [2.45, 2.75) is 20.4 Å². The summed E-state index contributed by atoms with van der Waals surface area (Å²) in [6, 6.07) is 15.0. The number of hydrazone groups is 1. The van der Waals surface area contributed by atoms with Crippen molar-refractivity contribution in [1.82, 2.24) is 20.4 Å². The number of amides is 1. The highest BCUT2D eigenvalue weighted by atomic mass is 16.5. The van der Waals surface area contributed by atoms with E-state index in [1.165, 1.54) is 0 Å². The third kappa shape index (κ3) is 4.00. The second-order valence-corrected chi connectivity index (χ2v) is 5.43. The van der Waals surface area contributed by atoms with Crippen LogP contribution < -0.4 is 10.2 Å². The van der Waals surface area contributed by atoms with Gasteiger partial charge in [0.05, 0.1) is 17.8 Å². The Kier molecular flexibility index (Phi) is 5.03. The number of fused-ring (bicyclic) bond motifs is 1. The maximum atomic E-state index is 12.1. The van der Waals surface area contributed by atoms with Crippen LogP contribution in [0.2, 0.25) is 0 Å². The smallest absolute Gasteiger partial charge is 0.261 e. The number of benzene rings is 2. The van der Waals surface area contributed by atoms with Gasteiger partial charge in [-0.2, -0.15) is 5.10 Å². The number of nitrogens with one attached hydrogen (secondary N) is 1. The molecule has 3 aromatic rings. The number of rotatable bonds is 6. The first-order valence-electron chi connectivity index (χ1n) is 8.02. The first-order valence-corrected chi connectivity index (χ1v) is 8.02. The topological polar surface area (TPSA) is 81.4 Å². The first kappa shape index (κ1) is 16.6. The molecule has 1 heterocycles. The normalized spacial score (nSPS) is 11.5. The van der Waals surface area contributed by atoms with Gasteiger partial charge < -0.3 is 4.74 Å². The van der Waals surface area contributed by atoms with Gasteiger partial charge in [0, 0.05) is 0 Å². The van der Waals surface area contributed by atoms with Crippen molar-refractivity contribution in [2.75, 3.05) is 6.61 Å². The molecule has 2 aromatic carbocycles. The van der Waals surface area contributed by atoms with Crippen molar-refractivity contribution in [2.24, 2.45) is 5.10 Å². The standard InChI is InChI=1S/C18H19N5O2/c1-3-25-15-10-8-14(9-11-15)13(2)19-21-18(24)12-23-17-7-5-4-6-16(17)20-22-23/h4-11H,3,12H2,1-2H3,(H,21,24)/b19-13-. The Labute approximate surface area is 145 Å². The van der Waals surface area contributed by atoms with Gasteiger partial charge in [0.25, 0.3) is 5.91 Å². The predicted molar refractivity (Wildman–Crippen MR) is 95.5 cm³/mol. The second-order valence-electron chi connectivity index (χ2n) is 5.43. The van der Waals surface area contributed by atoms with Crippen LogP contribution in [-0.4, -0.2) is 33.2 Å². The van der Waals surface area contributed by atoms with Crippen LogP contribution in [0.3, 0.4) is 0 Å². The molecule has 0 atom stereocenters. The molecule has 0 fully saturated rings. The maximum Gasteiger partial charge on any atom is 0.261 e. The maximum absolute atomic E-state index is 12.1. The molecule has 0 saturated carbocycles. The molecule has 0 spiro atoms. The van der Waals surface area contributed by atoms with Crippen molar-refractivity contribution in [3.05, 3.63) is 54.1 Å². The summed E-state index contributed by atoms with van der Waals surface area (Å²) in [7, 11) is 0. The Morgan fingerprint density at radius 3 is 2.72 bits per heavy atom. The fraction of sp³-hybridized carbons (Fsp3) is 0.222. The van der Waals surface area contributed by atoms with E-state index < -0.39 is 0 Å². The van der Waals surface area contributed by atoms with E-state index in [2.05, 4.69) is 20.8 Å². The van der Waals surface area contributed by atoms with E-state index in [9.17, 15) is 4.79 Å². The lowest BCUT2D eigenvalue weighted by Gasteiger charge is -2.06. The zero-order chi connectivity index (χ0) is 17.6. The molecule has 0 bridgehead atoms. The third-order valence-corrected chi connectivity index (χ3v) is 3.65. The van der Waals surface area contributed by atoms with Crippen LogP contribution in [0.5, 0.6) is 5.75 Å². The van der Waals surface area contributed by atoms with Gasteiger partial charge in [0.2, 0.25) is 0 Å². The van der Waals surface area contributed by atoms with Crippen LogP contribution in [0.1, 0.15) is 19.4 Å². The van der Waals surface area contributed by atoms with Gasteiger partial charge in [-0.3, -0.25) is 4.79 Å². The number of carbonyl (C=O) groups excluding carboxylic acids is 1. The van der Waals surface area contributed by atoms with Gasteiger partial charge in [-0.15, -0.1) is 5.10 Å². The van der Waals surface area contributed by atoms with E-state index >= 15 is 0 Å². The molecule has 7 heteroatoms. The summed E-state index contributed by atoms with van der Waals surface area (Å²) >= 11 is 0. The fourth-order valence-corrected chi connectivity index (χ4v) is 2.38. The van der Waals surface area contributed by atoms with Crippen LogP contribution in [0.4, 0.5) is 0 Å². The van der Waals surface area contributed by atoms with Crippen LogP contribution in [0, 0.1) is 0 Å². The number of hydrogen-bond donors (Lipinski definition) is 1. The van der Waals surface area contributed by atoms with Crippen LogP contribution in [0.25, 0.3) is 11.0 Å². The molecule has 1 aromatic heterocycles. The molecule has 0 aliphatic heterocycles. The average molecular weight is 337 g/mol. The summed E-state index contributed by atoms with van der Waals surface area (Å²) in [5.41, 5.74) is 5.74. The number of carbonyl (C=O) groups is 1. The molecule has 3 rings (SSSR count). The molecule has 0 aliphatic carbocycles. The minimum Gasteiger partial charge on any atom is -0.494 e. The van der Waals surface area contributed by atoms with Crippen molar-refractivity contribution < 1.29 is 9.53 Å². The number of para-hydroxylation sites is 1. The van der Waals surface area contributed by atoms with E-state index in [0.717, 1.165) is 22.3 Å². The average Bonchev–Trinajstić information content (AvgIpc) is 3.04. The monoisotopic (exact) mass is 337 g/mol. The van der Waals surface area contributed by atoms with Gasteiger partial charge in [0.1, 0.15) is 17.8 Å². The van der Waals surface area contributed by atoms with Gasteiger partial charge in [-0.1, -0.05) is 17.3 Å². The number of aromatic nitrogens is 3. The second kappa shape index (κ2) is 7.57. The zero-order valence-electron chi connectivity index (χ0n) is 14.1. The largest absolute Gasteiger partial charge is 0.494 e. The highest BCUT2D eigenvalue weighted by molar-refractivity contribution is 5.99. The predicted octanol–water partition coefficient (Wildman–Crippen LogP) is 2.37. The Morgan fingerprint density at radius 1 is 1.20 bits per heavy atom. The zero-order valence-corrected chi connectivity index (χ0v) is 14.1. The van der Waals surface area contributed by atoms with Crippen molar-refractivity contribution in [1.29, 1.82) is 0 Å². The lowest BCUT2D eigenvalue weighted by atomic mass is 10.1. The van der Waals surface area contributed by atoms with Crippen LogP contribution >= 0.6 is 0 Å². The minimum absolute atomic E-state index is 0.0561. The molecule has 0 aliphatic rings. The van der Waals surface area contributed by atoms with E-state index in [0.29, 0.717) is 12.3 Å². The number of ether oxygens (including phenoxy) is 1. The summed E-state index contributed by atoms with van der Waals surface area (Å²) in [5, 5.41) is 12.2. The summed E-state index contributed by atoms with van der Waals surface area (Å²) < 4.78 is 6.96. The lowest BCUT2D eigenvalue weighted by Crippen LogP contribution is -2.24. The molecule has 1 N–H and O–H groups in total. The minimum atomic E-state index is -0.263. The van der Waals surface area contributed by atoms with Crippen LogP contribution in [-0.2, 0) is 11.3 Å². The van der Waals surface area contributed by atoms with Crippen molar-refractivity contribution in [3.8, 4) is 5.75 Å². The molecule has 0 unspecified atom stereocenters.